The summed E-state index contributed by atoms with van der Waals surface area (Å²) in [5.41, 5.74) is 1.99. The van der Waals surface area contributed by atoms with Gasteiger partial charge in [0, 0.05) is 13.1 Å². The molecular formula is C13H22N4O. The number of carbonyl (C=O) groups is 1. The molecule has 0 spiro atoms. The summed E-state index contributed by atoms with van der Waals surface area (Å²) in [7, 11) is 1.89. The van der Waals surface area contributed by atoms with Crippen LogP contribution in [0, 0.1) is 6.92 Å². The van der Waals surface area contributed by atoms with E-state index in [0.717, 1.165) is 24.2 Å². The molecule has 0 aromatic carbocycles. The highest BCUT2D eigenvalue weighted by molar-refractivity contribution is 5.74. The van der Waals surface area contributed by atoms with Crippen molar-refractivity contribution in [1.29, 1.82) is 0 Å². The van der Waals surface area contributed by atoms with Crippen LogP contribution in [0.3, 0.4) is 0 Å². The maximum Gasteiger partial charge on any atom is 0.315 e. The van der Waals surface area contributed by atoms with Crippen LogP contribution in [0.2, 0.25) is 0 Å². The molecule has 1 fully saturated rings. The molecule has 2 rings (SSSR count). The predicted octanol–water partition coefficient (Wildman–Crippen LogP) is 1.86. The van der Waals surface area contributed by atoms with Crippen LogP contribution in [0.4, 0.5) is 4.79 Å². The predicted molar refractivity (Wildman–Crippen MR) is 70.2 cm³/mol. The van der Waals surface area contributed by atoms with Crippen LogP contribution >= 0.6 is 0 Å². The first-order chi connectivity index (χ1) is 8.65. The normalized spacial score (nSPS) is 16.6. The number of rotatable bonds is 3. The quantitative estimate of drug-likeness (QED) is 0.860. The lowest BCUT2D eigenvalue weighted by Crippen LogP contribution is -2.42. The molecule has 0 unspecified atom stereocenters. The summed E-state index contributed by atoms with van der Waals surface area (Å²) >= 11 is 0. The summed E-state index contributed by atoms with van der Waals surface area (Å²) < 4.78 is 1.80. The van der Waals surface area contributed by atoms with Crippen molar-refractivity contribution in [1.82, 2.24) is 20.4 Å². The molecule has 0 radical (unpaired) electrons. The Hall–Kier alpha value is -1.52. The summed E-state index contributed by atoms with van der Waals surface area (Å²) in [6, 6.07) is 2.27. The molecular weight excluding hydrogens is 228 g/mol. The number of aryl methyl sites for hydroxylation is 2. The van der Waals surface area contributed by atoms with Crippen LogP contribution in [0.1, 0.15) is 43.5 Å². The van der Waals surface area contributed by atoms with Gasteiger partial charge < -0.3 is 10.6 Å². The minimum Gasteiger partial charge on any atom is -0.335 e. The standard InChI is InChI=1S/C13H22N4O/c1-10-8-12(17(2)16-10)9-14-13(18)15-11-6-4-3-5-7-11/h8,11H,3-7,9H2,1-2H3,(H2,14,15,18). The zero-order valence-corrected chi connectivity index (χ0v) is 11.2. The molecule has 1 aliphatic rings. The number of aromatic nitrogens is 2. The van der Waals surface area contributed by atoms with Crippen LogP contribution in [0.5, 0.6) is 0 Å². The molecule has 1 aromatic rings. The van der Waals surface area contributed by atoms with Gasteiger partial charge in [0.05, 0.1) is 17.9 Å². The molecule has 2 amide bonds. The van der Waals surface area contributed by atoms with E-state index in [4.69, 9.17) is 0 Å². The molecule has 1 heterocycles. The number of hydrogen-bond donors (Lipinski definition) is 2. The van der Waals surface area contributed by atoms with Crippen molar-refractivity contribution in [3.63, 3.8) is 0 Å². The highest BCUT2D eigenvalue weighted by Crippen LogP contribution is 2.17. The minimum absolute atomic E-state index is 0.0687. The number of carbonyl (C=O) groups excluding carboxylic acids is 1. The summed E-state index contributed by atoms with van der Waals surface area (Å²) in [6.07, 6.45) is 5.97. The molecule has 0 saturated heterocycles. The molecule has 1 aliphatic carbocycles. The molecule has 0 aliphatic heterocycles. The third kappa shape index (κ3) is 3.48. The first-order valence-corrected chi connectivity index (χ1v) is 6.69. The fraction of sp³-hybridized carbons (Fsp3) is 0.692. The molecule has 1 aromatic heterocycles. The van der Waals surface area contributed by atoms with Gasteiger partial charge in [-0.1, -0.05) is 19.3 Å². The van der Waals surface area contributed by atoms with Crippen LogP contribution < -0.4 is 10.6 Å². The topological polar surface area (TPSA) is 59.0 Å². The second-order valence-corrected chi connectivity index (χ2v) is 5.06. The van der Waals surface area contributed by atoms with Crippen molar-refractivity contribution in [2.45, 2.75) is 51.6 Å². The third-order valence-electron chi connectivity index (χ3n) is 3.47. The molecule has 0 atom stereocenters. The van der Waals surface area contributed by atoms with Crippen molar-refractivity contribution in [3.8, 4) is 0 Å². The average Bonchev–Trinajstić information content (AvgIpc) is 2.66. The fourth-order valence-corrected chi connectivity index (χ4v) is 2.48. The first-order valence-electron chi connectivity index (χ1n) is 6.69. The van der Waals surface area contributed by atoms with E-state index >= 15 is 0 Å². The summed E-state index contributed by atoms with van der Waals surface area (Å²) in [5.74, 6) is 0. The Kier molecular flexibility index (Phi) is 4.23. The van der Waals surface area contributed by atoms with Gasteiger partial charge in [-0.3, -0.25) is 4.68 Å². The van der Waals surface area contributed by atoms with Crippen molar-refractivity contribution < 1.29 is 4.79 Å². The average molecular weight is 250 g/mol. The number of amides is 2. The van der Waals surface area contributed by atoms with Crippen molar-refractivity contribution >= 4 is 6.03 Å². The first kappa shape index (κ1) is 12.9. The SMILES string of the molecule is Cc1cc(CNC(=O)NC2CCCCC2)n(C)n1. The van der Waals surface area contributed by atoms with Gasteiger partial charge in [-0.05, 0) is 25.8 Å². The lowest BCUT2D eigenvalue weighted by molar-refractivity contribution is 0.232. The lowest BCUT2D eigenvalue weighted by Gasteiger charge is -2.22. The Bertz CT molecular complexity index is 407. The van der Waals surface area contributed by atoms with Gasteiger partial charge in [-0.2, -0.15) is 5.10 Å². The summed E-state index contributed by atoms with van der Waals surface area (Å²) in [6.45, 7) is 2.47. The van der Waals surface area contributed by atoms with Crippen molar-refractivity contribution in [3.05, 3.63) is 17.5 Å². The van der Waals surface area contributed by atoms with Crippen molar-refractivity contribution in [2.75, 3.05) is 0 Å². The summed E-state index contributed by atoms with van der Waals surface area (Å²) in [4.78, 5) is 11.8. The zero-order chi connectivity index (χ0) is 13.0. The van der Waals surface area contributed by atoms with Gasteiger partial charge >= 0.3 is 6.03 Å². The maximum absolute atomic E-state index is 11.8. The fourth-order valence-electron chi connectivity index (χ4n) is 2.48. The minimum atomic E-state index is -0.0687. The van der Waals surface area contributed by atoms with E-state index in [1.165, 1.54) is 19.3 Å². The van der Waals surface area contributed by atoms with Crippen LogP contribution in [-0.2, 0) is 13.6 Å². The Balaban J connectivity index is 1.75. The van der Waals surface area contributed by atoms with Crippen molar-refractivity contribution in [2.24, 2.45) is 7.05 Å². The smallest absolute Gasteiger partial charge is 0.315 e. The van der Waals surface area contributed by atoms with Gasteiger partial charge in [0.25, 0.3) is 0 Å². The van der Waals surface area contributed by atoms with Gasteiger partial charge in [-0.25, -0.2) is 4.79 Å². The van der Waals surface area contributed by atoms with Crippen LogP contribution in [0.25, 0.3) is 0 Å². The Morgan fingerprint density at radius 2 is 2.17 bits per heavy atom. The monoisotopic (exact) mass is 250 g/mol. The number of nitrogens with zero attached hydrogens (tertiary/aromatic N) is 2. The molecule has 18 heavy (non-hydrogen) atoms. The van der Waals surface area contributed by atoms with E-state index in [0.29, 0.717) is 12.6 Å². The zero-order valence-electron chi connectivity index (χ0n) is 11.2. The molecule has 1 saturated carbocycles. The molecule has 5 heteroatoms. The van der Waals surface area contributed by atoms with E-state index in [2.05, 4.69) is 15.7 Å². The van der Waals surface area contributed by atoms with E-state index in [1.807, 2.05) is 20.0 Å². The van der Waals surface area contributed by atoms with E-state index in [1.54, 1.807) is 4.68 Å². The summed E-state index contributed by atoms with van der Waals surface area (Å²) in [5, 5.41) is 10.2. The molecule has 5 nitrogen and oxygen atoms in total. The van der Waals surface area contributed by atoms with E-state index < -0.39 is 0 Å². The van der Waals surface area contributed by atoms with E-state index in [-0.39, 0.29) is 6.03 Å². The van der Waals surface area contributed by atoms with Gasteiger partial charge in [0.1, 0.15) is 0 Å². The molecule has 2 N–H and O–H groups in total. The highest BCUT2D eigenvalue weighted by atomic mass is 16.2. The number of nitrogens with one attached hydrogen (secondary N) is 2. The van der Waals surface area contributed by atoms with Crippen LogP contribution in [-0.4, -0.2) is 21.9 Å². The number of hydrogen-bond acceptors (Lipinski definition) is 2. The van der Waals surface area contributed by atoms with Gasteiger partial charge in [-0.15, -0.1) is 0 Å². The van der Waals surface area contributed by atoms with Gasteiger partial charge in [0.2, 0.25) is 0 Å². The van der Waals surface area contributed by atoms with Crippen LogP contribution in [0.15, 0.2) is 6.07 Å². The molecule has 100 valence electrons. The Labute approximate surface area is 108 Å². The number of urea groups is 1. The van der Waals surface area contributed by atoms with Gasteiger partial charge in [0.15, 0.2) is 0 Å². The highest BCUT2D eigenvalue weighted by Gasteiger charge is 2.15. The second-order valence-electron chi connectivity index (χ2n) is 5.06. The third-order valence-corrected chi connectivity index (χ3v) is 3.47. The lowest BCUT2D eigenvalue weighted by atomic mass is 9.96. The maximum atomic E-state index is 11.8. The van der Waals surface area contributed by atoms with E-state index in [9.17, 15) is 4.79 Å². The largest absolute Gasteiger partial charge is 0.335 e. The Morgan fingerprint density at radius 1 is 1.44 bits per heavy atom. The second kappa shape index (κ2) is 5.89. The molecule has 0 bridgehead atoms. The Morgan fingerprint density at radius 3 is 2.78 bits per heavy atom.